The van der Waals surface area contributed by atoms with Crippen LogP contribution in [0.3, 0.4) is 0 Å². The molecule has 0 radical (unpaired) electrons. The number of nitrogens with one attached hydrogen (secondary N) is 2. The summed E-state index contributed by atoms with van der Waals surface area (Å²) in [7, 11) is 1.51. The van der Waals surface area contributed by atoms with Crippen molar-refractivity contribution in [3.8, 4) is 0 Å². The van der Waals surface area contributed by atoms with Gasteiger partial charge in [-0.3, -0.25) is 0 Å². The molecule has 2 unspecified atom stereocenters. The van der Waals surface area contributed by atoms with Gasteiger partial charge in [0, 0.05) is 19.7 Å². The highest BCUT2D eigenvalue weighted by Gasteiger charge is 2.09. The molecule has 0 fully saturated rings. The number of methoxy groups -OCH3 is 1. The van der Waals surface area contributed by atoms with Gasteiger partial charge in [0.05, 0.1) is 12.7 Å². The van der Waals surface area contributed by atoms with Crippen LogP contribution in [0.15, 0.2) is 0 Å². The van der Waals surface area contributed by atoms with Crippen LogP contribution >= 0.6 is 0 Å². The second-order valence-electron chi connectivity index (χ2n) is 4.84. The third kappa shape index (κ3) is 10.1. The number of hydrogen-bond donors (Lipinski definition) is 3. The van der Waals surface area contributed by atoms with Crippen LogP contribution in [0, 0.1) is 5.92 Å². The van der Waals surface area contributed by atoms with Crippen molar-refractivity contribution < 1.29 is 14.6 Å². The Morgan fingerprint density at radius 3 is 2.47 bits per heavy atom. The fourth-order valence-electron chi connectivity index (χ4n) is 1.39. The zero-order valence-corrected chi connectivity index (χ0v) is 11.3. The van der Waals surface area contributed by atoms with Crippen LogP contribution in [0.2, 0.25) is 0 Å². The Bertz CT molecular complexity index is 210. The van der Waals surface area contributed by atoms with Gasteiger partial charge in [-0.15, -0.1) is 0 Å². The molecule has 17 heavy (non-hydrogen) atoms. The highest BCUT2D eigenvalue weighted by atomic mass is 16.5. The predicted octanol–water partition coefficient (Wildman–Crippen LogP) is 1.12. The maximum absolute atomic E-state index is 11.4. The third-order valence-electron chi connectivity index (χ3n) is 2.41. The Morgan fingerprint density at radius 2 is 1.94 bits per heavy atom. The molecule has 0 rings (SSSR count). The molecule has 0 bridgehead atoms. The summed E-state index contributed by atoms with van der Waals surface area (Å²) in [5, 5.41) is 14.8. The predicted molar refractivity (Wildman–Crippen MR) is 68.0 cm³/mol. The Kier molecular flexibility index (Phi) is 8.80. The molecular formula is C12H26N2O3. The molecule has 0 heterocycles. The first-order valence-corrected chi connectivity index (χ1v) is 6.17. The topological polar surface area (TPSA) is 70.6 Å². The van der Waals surface area contributed by atoms with Crippen LogP contribution in [-0.4, -0.2) is 43.5 Å². The zero-order valence-electron chi connectivity index (χ0n) is 11.3. The van der Waals surface area contributed by atoms with Crippen LogP contribution in [0.5, 0.6) is 0 Å². The summed E-state index contributed by atoms with van der Waals surface area (Å²) in [5.74, 6) is 0.644. The lowest BCUT2D eigenvalue weighted by molar-refractivity contribution is 0.0659. The highest BCUT2D eigenvalue weighted by molar-refractivity contribution is 5.74. The first-order valence-electron chi connectivity index (χ1n) is 6.17. The van der Waals surface area contributed by atoms with E-state index in [2.05, 4.69) is 24.5 Å². The summed E-state index contributed by atoms with van der Waals surface area (Å²) in [6.45, 7) is 6.73. The van der Waals surface area contributed by atoms with Crippen molar-refractivity contribution in [1.29, 1.82) is 0 Å². The van der Waals surface area contributed by atoms with Gasteiger partial charge in [-0.1, -0.05) is 13.8 Å². The number of carbonyl (C=O) groups is 1. The van der Waals surface area contributed by atoms with E-state index in [0.717, 1.165) is 12.8 Å². The average molecular weight is 246 g/mol. The summed E-state index contributed by atoms with van der Waals surface area (Å²) in [5.41, 5.74) is 0. The number of rotatable bonds is 8. The van der Waals surface area contributed by atoms with Gasteiger partial charge >= 0.3 is 6.03 Å². The average Bonchev–Trinajstić information content (AvgIpc) is 2.24. The number of urea groups is 1. The minimum absolute atomic E-state index is 0.150. The number of carbonyl (C=O) groups excluding carboxylic acids is 1. The van der Waals surface area contributed by atoms with Crippen molar-refractivity contribution in [2.45, 2.75) is 45.8 Å². The smallest absolute Gasteiger partial charge is 0.315 e. The monoisotopic (exact) mass is 246 g/mol. The van der Waals surface area contributed by atoms with E-state index < -0.39 is 6.10 Å². The molecule has 102 valence electrons. The Balaban J connectivity index is 3.63. The molecule has 2 amide bonds. The first kappa shape index (κ1) is 16.2. The summed E-state index contributed by atoms with van der Waals surface area (Å²) >= 11 is 0. The van der Waals surface area contributed by atoms with Gasteiger partial charge in [-0.2, -0.15) is 0 Å². The second-order valence-corrected chi connectivity index (χ2v) is 4.84. The van der Waals surface area contributed by atoms with Crippen molar-refractivity contribution in [2.75, 3.05) is 20.3 Å². The lowest BCUT2D eigenvalue weighted by atomic mass is 10.0. The molecule has 0 aromatic carbocycles. The van der Waals surface area contributed by atoms with E-state index in [0.29, 0.717) is 5.92 Å². The normalized spacial score (nSPS) is 14.5. The fourth-order valence-corrected chi connectivity index (χ4v) is 1.39. The summed E-state index contributed by atoms with van der Waals surface area (Å²) in [4.78, 5) is 11.4. The minimum atomic E-state index is -0.656. The summed E-state index contributed by atoms with van der Waals surface area (Å²) in [6.07, 6.45) is 1.40. The molecular weight excluding hydrogens is 220 g/mol. The van der Waals surface area contributed by atoms with Gasteiger partial charge in [0.15, 0.2) is 0 Å². The first-order chi connectivity index (χ1) is 7.95. The molecule has 0 saturated heterocycles. The Morgan fingerprint density at radius 1 is 1.29 bits per heavy atom. The fraction of sp³-hybridized carbons (Fsp3) is 0.917. The maximum atomic E-state index is 11.4. The van der Waals surface area contributed by atoms with Crippen molar-refractivity contribution >= 4 is 6.03 Å². The molecule has 0 aliphatic heterocycles. The lowest BCUT2D eigenvalue weighted by Crippen LogP contribution is -2.44. The van der Waals surface area contributed by atoms with Gasteiger partial charge in [0.25, 0.3) is 0 Å². The number of ether oxygens (including phenoxy) is 1. The zero-order chi connectivity index (χ0) is 13.3. The lowest BCUT2D eigenvalue weighted by Gasteiger charge is -2.16. The van der Waals surface area contributed by atoms with E-state index in [4.69, 9.17) is 4.74 Å². The molecule has 0 saturated carbocycles. The van der Waals surface area contributed by atoms with Gasteiger partial charge < -0.3 is 20.5 Å². The van der Waals surface area contributed by atoms with Crippen LogP contribution < -0.4 is 10.6 Å². The molecule has 0 aromatic heterocycles. The second kappa shape index (κ2) is 9.24. The largest absolute Gasteiger partial charge is 0.389 e. The molecule has 3 N–H and O–H groups in total. The number of aliphatic hydroxyl groups excluding tert-OH is 1. The Hall–Kier alpha value is -0.810. The molecule has 5 nitrogen and oxygen atoms in total. The minimum Gasteiger partial charge on any atom is -0.389 e. The molecule has 5 heteroatoms. The van der Waals surface area contributed by atoms with Crippen molar-refractivity contribution in [3.63, 3.8) is 0 Å². The standard InChI is InChI=1S/C12H26N2O3/c1-9(2)5-6-10(3)14-12(16)13-7-11(15)8-17-4/h9-11,15H,5-8H2,1-4H3,(H2,13,14,16). The van der Waals surface area contributed by atoms with Crippen LogP contribution in [0.1, 0.15) is 33.6 Å². The van der Waals surface area contributed by atoms with Crippen LogP contribution in [0.25, 0.3) is 0 Å². The van der Waals surface area contributed by atoms with E-state index in [1.165, 1.54) is 7.11 Å². The van der Waals surface area contributed by atoms with Crippen molar-refractivity contribution in [2.24, 2.45) is 5.92 Å². The van der Waals surface area contributed by atoms with Crippen LogP contribution in [0.4, 0.5) is 4.79 Å². The van der Waals surface area contributed by atoms with Crippen molar-refractivity contribution in [1.82, 2.24) is 10.6 Å². The Labute approximate surface area is 104 Å². The van der Waals surface area contributed by atoms with E-state index in [-0.39, 0.29) is 25.2 Å². The third-order valence-corrected chi connectivity index (χ3v) is 2.41. The maximum Gasteiger partial charge on any atom is 0.315 e. The molecule has 0 spiro atoms. The molecule has 0 aliphatic rings. The van der Waals surface area contributed by atoms with E-state index in [1.54, 1.807) is 0 Å². The molecule has 0 aromatic rings. The highest BCUT2D eigenvalue weighted by Crippen LogP contribution is 2.05. The number of aliphatic hydroxyl groups is 1. The van der Waals surface area contributed by atoms with Crippen LogP contribution in [-0.2, 0) is 4.74 Å². The summed E-state index contributed by atoms with van der Waals surface area (Å²) in [6, 6.07) is -0.0895. The SMILES string of the molecule is COCC(O)CNC(=O)NC(C)CCC(C)C. The molecule has 2 atom stereocenters. The van der Waals surface area contributed by atoms with Crippen molar-refractivity contribution in [3.05, 3.63) is 0 Å². The molecule has 0 aliphatic carbocycles. The quantitative estimate of drug-likeness (QED) is 0.601. The number of amides is 2. The van der Waals surface area contributed by atoms with E-state index in [1.807, 2.05) is 6.92 Å². The van der Waals surface area contributed by atoms with E-state index in [9.17, 15) is 9.90 Å². The van der Waals surface area contributed by atoms with Gasteiger partial charge in [0.1, 0.15) is 0 Å². The van der Waals surface area contributed by atoms with E-state index >= 15 is 0 Å². The van der Waals surface area contributed by atoms with Gasteiger partial charge in [-0.05, 0) is 25.7 Å². The van der Waals surface area contributed by atoms with Gasteiger partial charge in [0.2, 0.25) is 0 Å². The summed E-state index contributed by atoms with van der Waals surface area (Å²) < 4.78 is 4.76. The van der Waals surface area contributed by atoms with Gasteiger partial charge in [-0.25, -0.2) is 4.79 Å². The number of hydrogen-bond acceptors (Lipinski definition) is 3.